The molecule has 0 amide bonds. The van der Waals surface area contributed by atoms with Crippen molar-refractivity contribution in [3.8, 4) is 11.5 Å². The molecule has 4 atom stereocenters. The molecule has 232 valence electrons. The Kier molecular flexibility index (Phi) is 15.4. The third-order valence-electron chi connectivity index (χ3n) is 6.65. The van der Waals surface area contributed by atoms with Gasteiger partial charge in [0.15, 0.2) is 11.5 Å². The zero-order valence-corrected chi connectivity index (χ0v) is 25.7. The number of hydrogen-bond acceptors (Lipinski definition) is 9. The number of esters is 2. The zero-order chi connectivity index (χ0) is 31.2. The summed E-state index contributed by atoms with van der Waals surface area (Å²) in [4.78, 5) is 49.4. The molecule has 0 saturated carbocycles. The van der Waals surface area contributed by atoms with Crippen LogP contribution in [0.15, 0.2) is 18.2 Å². The van der Waals surface area contributed by atoms with Gasteiger partial charge in [-0.2, -0.15) is 0 Å². The number of carbonyl (C=O) groups excluding carboxylic acids is 3. The minimum Gasteiger partial charge on any atom is -0.480 e. The molecule has 3 unspecified atom stereocenters. The first-order chi connectivity index (χ1) is 19.2. The monoisotopic (exact) mass is 579 g/mol. The van der Waals surface area contributed by atoms with Crippen molar-refractivity contribution >= 4 is 24.1 Å². The van der Waals surface area contributed by atoms with E-state index >= 15 is 0 Å². The molecule has 10 nitrogen and oxygen atoms in total. The van der Waals surface area contributed by atoms with Crippen molar-refractivity contribution in [3.05, 3.63) is 23.8 Å². The number of ether oxygens (including phenoxy) is 4. The highest BCUT2D eigenvalue weighted by atomic mass is 16.7. The normalized spacial score (nSPS) is 14.3. The third-order valence-corrected chi connectivity index (χ3v) is 6.65. The summed E-state index contributed by atoms with van der Waals surface area (Å²) in [5.74, 6) is -3.59. The van der Waals surface area contributed by atoms with Crippen LogP contribution >= 0.6 is 0 Å². The number of rotatable bonds is 17. The molecule has 3 N–H and O–H groups in total. The number of benzene rings is 1. The van der Waals surface area contributed by atoms with Gasteiger partial charge < -0.3 is 29.8 Å². The van der Waals surface area contributed by atoms with Gasteiger partial charge in [0.25, 0.3) is 0 Å². The molecule has 0 heterocycles. The van der Waals surface area contributed by atoms with Crippen molar-refractivity contribution in [3.63, 3.8) is 0 Å². The van der Waals surface area contributed by atoms with Crippen molar-refractivity contribution in [2.45, 2.75) is 118 Å². The first-order valence-electron chi connectivity index (χ1n) is 14.6. The second kappa shape index (κ2) is 17.6. The predicted molar refractivity (Wildman–Crippen MR) is 155 cm³/mol. The van der Waals surface area contributed by atoms with Crippen LogP contribution < -0.4 is 15.2 Å². The van der Waals surface area contributed by atoms with Gasteiger partial charge in [0.2, 0.25) is 0 Å². The Balaban J connectivity index is 3.32. The van der Waals surface area contributed by atoms with E-state index in [0.29, 0.717) is 18.4 Å². The van der Waals surface area contributed by atoms with Gasteiger partial charge >= 0.3 is 24.1 Å². The van der Waals surface area contributed by atoms with E-state index in [0.717, 1.165) is 25.7 Å². The standard InChI is InChI=1S/C31H49NO9/c1-8-10-12-14-25(33)40-23-17-16-22(18-24(23)41-26(34)15-13-11-9-2)27(28(32)29(35)36)20(3)21(4)39-30(37)38-19-31(5,6)7/h16-18,20-21,27-28H,8-15,19,32H2,1-7H3,(H,35,36)/t20?,21?,27?,28-/m0/s1. The molecule has 0 saturated heterocycles. The predicted octanol–water partition coefficient (Wildman–Crippen LogP) is 6.38. The molecule has 41 heavy (non-hydrogen) atoms. The van der Waals surface area contributed by atoms with Crippen LogP contribution in [0.2, 0.25) is 0 Å². The van der Waals surface area contributed by atoms with Gasteiger partial charge in [-0.25, -0.2) is 4.79 Å². The summed E-state index contributed by atoms with van der Waals surface area (Å²) < 4.78 is 21.8. The molecular weight excluding hydrogens is 530 g/mol. The molecular formula is C31H49NO9. The lowest BCUT2D eigenvalue weighted by Gasteiger charge is -2.31. The summed E-state index contributed by atoms with van der Waals surface area (Å²) in [5, 5.41) is 9.80. The number of unbranched alkanes of at least 4 members (excludes halogenated alkanes) is 4. The number of carboxylic acid groups (broad SMARTS) is 1. The van der Waals surface area contributed by atoms with Gasteiger partial charge in [-0.1, -0.05) is 73.3 Å². The minimum atomic E-state index is -1.38. The van der Waals surface area contributed by atoms with Crippen LogP contribution in [0.5, 0.6) is 11.5 Å². The van der Waals surface area contributed by atoms with Crippen molar-refractivity contribution in [1.29, 1.82) is 0 Å². The number of carboxylic acids is 1. The summed E-state index contributed by atoms with van der Waals surface area (Å²) >= 11 is 0. The Bertz CT molecular complexity index is 1000. The fourth-order valence-electron chi connectivity index (χ4n) is 4.13. The van der Waals surface area contributed by atoms with E-state index < -0.39 is 48.0 Å². The average molecular weight is 580 g/mol. The Labute approximate surface area is 244 Å². The van der Waals surface area contributed by atoms with Crippen LogP contribution in [0.3, 0.4) is 0 Å². The number of hydrogen-bond donors (Lipinski definition) is 2. The summed E-state index contributed by atoms with van der Waals surface area (Å²) in [5.41, 5.74) is 6.30. The Hall–Kier alpha value is -3.14. The smallest absolute Gasteiger partial charge is 0.480 e. The van der Waals surface area contributed by atoms with Crippen LogP contribution in [0, 0.1) is 11.3 Å². The van der Waals surface area contributed by atoms with Gasteiger partial charge in [0, 0.05) is 24.7 Å². The van der Waals surface area contributed by atoms with E-state index in [-0.39, 0.29) is 36.4 Å². The second-order valence-corrected chi connectivity index (χ2v) is 11.7. The van der Waals surface area contributed by atoms with Crippen LogP contribution in [-0.2, 0) is 23.9 Å². The van der Waals surface area contributed by atoms with E-state index in [1.165, 1.54) is 12.1 Å². The maximum absolute atomic E-state index is 12.6. The highest BCUT2D eigenvalue weighted by Crippen LogP contribution is 2.37. The lowest BCUT2D eigenvalue weighted by Crippen LogP contribution is -2.42. The van der Waals surface area contributed by atoms with Gasteiger partial charge in [-0.15, -0.1) is 0 Å². The van der Waals surface area contributed by atoms with E-state index in [2.05, 4.69) is 0 Å². The summed E-state index contributed by atoms with van der Waals surface area (Å²) in [6.07, 6.45) is 3.68. The van der Waals surface area contributed by atoms with Crippen molar-refractivity contribution in [2.24, 2.45) is 17.1 Å². The van der Waals surface area contributed by atoms with E-state index in [1.807, 2.05) is 34.6 Å². The third kappa shape index (κ3) is 13.4. The Morgan fingerprint density at radius 2 is 1.41 bits per heavy atom. The van der Waals surface area contributed by atoms with Gasteiger partial charge in [-0.05, 0) is 42.9 Å². The molecule has 1 aromatic carbocycles. The van der Waals surface area contributed by atoms with Crippen molar-refractivity contribution in [2.75, 3.05) is 6.61 Å². The lowest BCUT2D eigenvalue weighted by atomic mass is 9.79. The first-order valence-corrected chi connectivity index (χ1v) is 14.6. The molecule has 10 heteroatoms. The Morgan fingerprint density at radius 1 is 0.878 bits per heavy atom. The topological polar surface area (TPSA) is 151 Å². The summed E-state index contributed by atoms with van der Waals surface area (Å²) in [6.45, 7) is 13.3. The SMILES string of the molecule is CCCCCC(=O)Oc1ccc(C(C(C)C(C)OC(=O)OCC(C)(C)C)[C@H](N)C(=O)O)cc1OC(=O)CCCCC. The molecule has 0 fully saturated rings. The van der Waals surface area contributed by atoms with Crippen LogP contribution in [-0.4, -0.2) is 47.9 Å². The highest BCUT2D eigenvalue weighted by Gasteiger charge is 2.36. The minimum absolute atomic E-state index is 0.000729. The van der Waals surface area contributed by atoms with Gasteiger partial charge in [0.1, 0.15) is 12.1 Å². The van der Waals surface area contributed by atoms with E-state index in [9.17, 15) is 24.3 Å². The quantitative estimate of drug-likeness (QED) is 0.121. The summed E-state index contributed by atoms with van der Waals surface area (Å²) in [6, 6.07) is 3.15. The number of aliphatic carboxylic acids is 1. The van der Waals surface area contributed by atoms with Crippen molar-refractivity contribution < 1.29 is 43.2 Å². The molecule has 0 aliphatic heterocycles. The zero-order valence-electron chi connectivity index (χ0n) is 25.7. The lowest BCUT2D eigenvalue weighted by molar-refractivity contribution is -0.140. The highest BCUT2D eigenvalue weighted by molar-refractivity contribution is 5.77. The molecule has 0 aromatic heterocycles. The molecule has 0 aliphatic rings. The largest absolute Gasteiger partial charge is 0.508 e. The molecule has 1 rings (SSSR count). The molecule has 0 aliphatic carbocycles. The first kappa shape index (κ1) is 35.9. The number of carbonyl (C=O) groups is 4. The van der Waals surface area contributed by atoms with Crippen LogP contribution in [0.4, 0.5) is 4.79 Å². The maximum Gasteiger partial charge on any atom is 0.508 e. The van der Waals surface area contributed by atoms with Gasteiger partial charge in [-0.3, -0.25) is 14.4 Å². The van der Waals surface area contributed by atoms with Gasteiger partial charge in [0.05, 0.1) is 6.61 Å². The van der Waals surface area contributed by atoms with Crippen LogP contribution in [0.25, 0.3) is 0 Å². The molecule has 0 bridgehead atoms. The second-order valence-electron chi connectivity index (χ2n) is 11.7. The van der Waals surface area contributed by atoms with E-state index in [1.54, 1.807) is 19.9 Å². The number of nitrogens with two attached hydrogens (primary N) is 1. The summed E-state index contributed by atoms with van der Waals surface area (Å²) in [7, 11) is 0. The molecule has 0 spiro atoms. The van der Waals surface area contributed by atoms with E-state index in [4.69, 9.17) is 24.7 Å². The maximum atomic E-state index is 12.6. The fourth-order valence-corrected chi connectivity index (χ4v) is 4.13. The Morgan fingerprint density at radius 3 is 1.90 bits per heavy atom. The fraction of sp³-hybridized carbons (Fsp3) is 0.677. The van der Waals surface area contributed by atoms with Crippen LogP contribution in [0.1, 0.15) is 111 Å². The molecule has 0 radical (unpaired) electrons. The van der Waals surface area contributed by atoms with Crippen molar-refractivity contribution in [1.82, 2.24) is 0 Å². The average Bonchev–Trinajstić information content (AvgIpc) is 2.88. The molecule has 1 aromatic rings.